The topological polar surface area (TPSA) is 46.5 Å². The van der Waals surface area contributed by atoms with Gasteiger partial charge in [0.2, 0.25) is 6.10 Å². The van der Waals surface area contributed by atoms with E-state index in [0.29, 0.717) is 10.9 Å². The van der Waals surface area contributed by atoms with E-state index in [1.807, 2.05) is 24.3 Å². The number of carboxylic acids is 1. The lowest BCUT2D eigenvalue weighted by Gasteiger charge is -2.27. The van der Waals surface area contributed by atoms with Crippen LogP contribution in [0, 0.1) is 0 Å². The van der Waals surface area contributed by atoms with Crippen LogP contribution < -0.4 is 4.74 Å². The van der Waals surface area contributed by atoms with Crippen molar-refractivity contribution in [3.8, 4) is 5.75 Å². The molecule has 0 amide bonds. The summed E-state index contributed by atoms with van der Waals surface area (Å²) in [6, 6.07) is 10.6. The Morgan fingerprint density at radius 3 is 2.42 bits per heavy atom. The van der Waals surface area contributed by atoms with E-state index in [4.69, 9.17) is 9.84 Å². The average Bonchev–Trinajstić information content (AvgIpc) is 2.55. The van der Waals surface area contributed by atoms with E-state index in [1.54, 1.807) is 6.07 Å². The van der Waals surface area contributed by atoms with Crippen molar-refractivity contribution >= 4 is 43.9 Å². The summed E-state index contributed by atoms with van der Waals surface area (Å²) in [6.45, 7) is 0. The Kier molecular flexibility index (Phi) is 5.16. The highest BCUT2D eigenvalue weighted by molar-refractivity contribution is 9.10. The number of hydrogen-bond donors (Lipinski definition) is 1. The van der Waals surface area contributed by atoms with Crippen LogP contribution in [0.15, 0.2) is 50.9 Å². The molecule has 1 atom stereocenters. The molecule has 2 aromatic rings. The molecular formula is C18H11Br2F3O3. The summed E-state index contributed by atoms with van der Waals surface area (Å²) in [5, 5.41) is 9.08. The fourth-order valence-corrected chi connectivity index (χ4v) is 3.59. The number of alkyl halides is 3. The smallest absolute Gasteiger partial charge is 0.430 e. The lowest BCUT2D eigenvalue weighted by atomic mass is 9.98. The van der Waals surface area contributed by atoms with Gasteiger partial charge in [0.05, 0.1) is 5.57 Å². The SMILES string of the molecule is O=C(O)C1=Cc2cc(Br)c(Cc3ccccc3Br)cc2OC1C(F)(F)F. The molecule has 0 saturated heterocycles. The molecule has 0 aliphatic carbocycles. The number of halogens is 5. The highest BCUT2D eigenvalue weighted by Gasteiger charge is 2.48. The molecule has 8 heteroatoms. The second-order valence-corrected chi connectivity index (χ2v) is 7.40. The van der Waals surface area contributed by atoms with Gasteiger partial charge in [-0.05, 0) is 41.8 Å². The van der Waals surface area contributed by atoms with Gasteiger partial charge in [-0.15, -0.1) is 0 Å². The van der Waals surface area contributed by atoms with Gasteiger partial charge in [-0.25, -0.2) is 4.79 Å². The molecule has 0 radical (unpaired) electrons. The van der Waals surface area contributed by atoms with Crippen molar-refractivity contribution in [1.29, 1.82) is 0 Å². The van der Waals surface area contributed by atoms with Gasteiger partial charge in [-0.1, -0.05) is 50.1 Å². The second-order valence-electron chi connectivity index (χ2n) is 5.69. The molecule has 1 unspecified atom stereocenters. The van der Waals surface area contributed by atoms with Crippen LogP contribution >= 0.6 is 31.9 Å². The Balaban J connectivity index is 2.03. The summed E-state index contributed by atoms with van der Waals surface area (Å²) in [5.74, 6) is -1.66. The van der Waals surface area contributed by atoms with E-state index >= 15 is 0 Å². The molecular weight excluding hydrogens is 481 g/mol. The quantitative estimate of drug-likeness (QED) is 0.608. The maximum absolute atomic E-state index is 13.2. The molecule has 0 fully saturated rings. The zero-order valence-corrected chi connectivity index (χ0v) is 16.2. The standard InChI is InChI=1S/C18H11Br2F3O3/c19-13-4-2-1-3-9(13)5-10-8-15-11(7-14(10)20)6-12(17(24)25)16(26-15)18(21,22)23/h1-4,6-8,16H,5H2,(H,24,25). The molecule has 3 nitrogen and oxygen atoms in total. The van der Waals surface area contributed by atoms with Crippen molar-refractivity contribution in [3.05, 3.63) is 67.6 Å². The molecule has 136 valence electrons. The number of aliphatic carboxylic acids is 1. The lowest BCUT2D eigenvalue weighted by Crippen LogP contribution is -2.40. The average molecular weight is 492 g/mol. The zero-order chi connectivity index (χ0) is 19.1. The van der Waals surface area contributed by atoms with Crippen LogP contribution in [0.3, 0.4) is 0 Å². The van der Waals surface area contributed by atoms with Crippen LogP contribution in [-0.2, 0) is 11.2 Å². The Morgan fingerprint density at radius 2 is 1.81 bits per heavy atom. The van der Waals surface area contributed by atoms with Crippen LogP contribution in [0.25, 0.3) is 6.08 Å². The minimum Gasteiger partial charge on any atom is -0.478 e. The molecule has 0 aromatic heterocycles. The molecule has 1 aliphatic rings. The van der Waals surface area contributed by atoms with Crippen LogP contribution in [0.4, 0.5) is 13.2 Å². The Hall–Kier alpha value is -1.80. The zero-order valence-electron chi connectivity index (χ0n) is 13.0. The minimum absolute atomic E-state index is 0.00239. The van der Waals surface area contributed by atoms with Gasteiger partial charge in [0.15, 0.2) is 0 Å². The number of ether oxygens (including phenoxy) is 1. The molecule has 2 aromatic carbocycles. The Bertz CT molecular complexity index is 907. The van der Waals surface area contributed by atoms with Crippen molar-refractivity contribution in [1.82, 2.24) is 0 Å². The summed E-state index contributed by atoms with van der Waals surface area (Å²) in [5.41, 5.74) is 1.13. The number of carbonyl (C=O) groups is 1. The first-order valence-corrected chi connectivity index (χ1v) is 8.99. The largest absolute Gasteiger partial charge is 0.478 e. The monoisotopic (exact) mass is 490 g/mol. The number of benzene rings is 2. The van der Waals surface area contributed by atoms with Gasteiger partial charge in [0, 0.05) is 14.5 Å². The first kappa shape index (κ1) is 19.0. The molecule has 0 bridgehead atoms. The first-order chi connectivity index (χ1) is 12.2. The Morgan fingerprint density at radius 1 is 1.12 bits per heavy atom. The fourth-order valence-electron chi connectivity index (χ4n) is 2.66. The predicted molar refractivity (Wildman–Crippen MR) is 97.2 cm³/mol. The summed E-state index contributed by atoms with van der Waals surface area (Å²) < 4.78 is 46.1. The number of fused-ring (bicyclic) bond motifs is 1. The van der Waals surface area contributed by atoms with Gasteiger partial charge >= 0.3 is 12.1 Å². The highest BCUT2D eigenvalue weighted by atomic mass is 79.9. The van der Waals surface area contributed by atoms with E-state index in [9.17, 15) is 18.0 Å². The van der Waals surface area contributed by atoms with Gasteiger partial charge in [0.1, 0.15) is 5.75 Å². The van der Waals surface area contributed by atoms with Crippen LogP contribution in [0.5, 0.6) is 5.75 Å². The van der Waals surface area contributed by atoms with E-state index in [-0.39, 0.29) is 11.3 Å². The summed E-state index contributed by atoms with van der Waals surface area (Å²) in [4.78, 5) is 11.2. The molecule has 1 heterocycles. The maximum atomic E-state index is 13.2. The van der Waals surface area contributed by atoms with E-state index in [1.165, 1.54) is 6.07 Å². The van der Waals surface area contributed by atoms with Crippen molar-refractivity contribution in [2.45, 2.75) is 18.7 Å². The van der Waals surface area contributed by atoms with Crippen molar-refractivity contribution in [2.24, 2.45) is 0 Å². The first-order valence-electron chi connectivity index (χ1n) is 7.41. The lowest BCUT2D eigenvalue weighted by molar-refractivity contribution is -0.187. The summed E-state index contributed by atoms with van der Waals surface area (Å²) in [6.07, 6.45) is -5.85. The molecule has 1 N–H and O–H groups in total. The van der Waals surface area contributed by atoms with E-state index < -0.39 is 23.8 Å². The number of carboxylic acid groups (broad SMARTS) is 1. The second kappa shape index (κ2) is 7.08. The van der Waals surface area contributed by atoms with Gasteiger partial charge in [0.25, 0.3) is 0 Å². The minimum atomic E-state index is -4.82. The number of rotatable bonds is 3. The summed E-state index contributed by atoms with van der Waals surface area (Å²) in [7, 11) is 0. The number of hydrogen-bond acceptors (Lipinski definition) is 2. The molecule has 0 saturated carbocycles. The van der Waals surface area contributed by atoms with Gasteiger partial charge < -0.3 is 9.84 Å². The normalized spacial score (nSPS) is 16.5. The third-order valence-electron chi connectivity index (χ3n) is 3.90. The van der Waals surface area contributed by atoms with Gasteiger partial charge in [-0.2, -0.15) is 13.2 Å². The molecule has 3 rings (SSSR count). The van der Waals surface area contributed by atoms with Crippen molar-refractivity contribution in [2.75, 3.05) is 0 Å². The maximum Gasteiger partial charge on any atom is 0.430 e. The van der Waals surface area contributed by atoms with Crippen LogP contribution in [0.1, 0.15) is 16.7 Å². The van der Waals surface area contributed by atoms with Crippen LogP contribution in [-0.4, -0.2) is 23.4 Å². The summed E-state index contributed by atoms with van der Waals surface area (Å²) >= 11 is 6.84. The predicted octanol–water partition coefficient (Wildman–Crippen LogP) is 5.59. The van der Waals surface area contributed by atoms with Crippen molar-refractivity contribution < 1.29 is 27.8 Å². The molecule has 0 spiro atoms. The van der Waals surface area contributed by atoms with E-state index in [0.717, 1.165) is 21.7 Å². The highest BCUT2D eigenvalue weighted by Crippen LogP contribution is 2.40. The third-order valence-corrected chi connectivity index (χ3v) is 5.41. The van der Waals surface area contributed by atoms with E-state index in [2.05, 4.69) is 31.9 Å². The van der Waals surface area contributed by atoms with Crippen LogP contribution in [0.2, 0.25) is 0 Å². The Labute approximate surface area is 163 Å². The van der Waals surface area contributed by atoms with Crippen molar-refractivity contribution in [3.63, 3.8) is 0 Å². The molecule has 26 heavy (non-hydrogen) atoms. The van der Waals surface area contributed by atoms with Gasteiger partial charge in [-0.3, -0.25) is 0 Å². The molecule has 1 aliphatic heterocycles. The third kappa shape index (κ3) is 3.81. The fraction of sp³-hybridized carbons (Fsp3) is 0.167.